The molecule has 1 amide bonds. The van der Waals surface area contributed by atoms with E-state index in [1.165, 1.54) is 6.07 Å². The minimum Gasteiger partial charge on any atom is -0.450 e. The van der Waals surface area contributed by atoms with Crippen LogP contribution in [0.2, 0.25) is 0 Å². The molecule has 148 valence electrons. The van der Waals surface area contributed by atoms with E-state index in [9.17, 15) is 14.9 Å². The molecule has 1 aromatic rings. The number of ether oxygens (including phenoxy) is 1. The molecule has 0 radical (unpaired) electrons. The summed E-state index contributed by atoms with van der Waals surface area (Å²) >= 11 is 0. The predicted octanol–water partition coefficient (Wildman–Crippen LogP) is 1.36. The first-order chi connectivity index (χ1) is 13.1. The van der Waals surface area contributed by atoms with Gasteiger partial charge in [-0.1, -0.05) is 12.1 Å². The normalized spacial score (nSPS) is 14.7. The minimum absolute atomic E-state index is 0.0527. The second kappa shape index (κ2) is 10.2. The van der Waals surface area contributed by atoms with Gasteiger partial charge in [-0.3, -0.25) is 15.1 Å². The van der Waals surface area contributed by atoms with Crippen molar-refractivity contribution < 1.29 is 14.5 Å². The van der Waals surface area contributed by atoms with E-state index in [0.717, 1.165) is 5.96 Å². The third-order valence-electron chi connectivity index (χ3n) is 4.14. The Morgan fingerprint density at radius 3 is 2.52 bits per heavy atom. The molecule has 27 heavy (non-hydrogen) atoms. The standard InChI is InChI=1S/C17H26N6O4/c1-3-27-17(24)22-12-10-21(11-13-22)16(18-2)20-9-8-19-14-6-4-5-7-15(14)23(25)26/h4-7,19H,3,8-13H2,1-2H3,(H,18,20). The number of nitrogens with one attached hydrogen (secondary N) is 2. The highest BCUT2D eigenvalue weighted by atomic mass is 16.6. The molecule has 1 aromatic carbocycles. The monoisotopic (exact) mass is 378 g/mol. The Bertz CT molecular complexity index is 673. The molecule has 10 nitrogen and oxygen atoms in total. The molecule has 0 spiro atoms. The van der Waals surface area contributed by atoms with Crippen molar-refractivity contribution >= 4 is 23.4 Å². The molecule has 1 aliphatic rings. The number of benzene rings is 1. The maximum Gasteiger partial charge on any atom is 0.409 e. The Morgan fingerprint density at radius 2 is 1.89 bits per heavy atom. The van der Waals surface area contributed by atoms with Crippen molar-refractivity contribution in [2.24, 2.45) is 4.99 Å². The minimum atomic E-state index is -0.405. The average Bonchev–Trinajstić information content (AvgIpc) is 2.68. The van der Waals surface area contributed by atoms with Crippen LogP contribution in [0.5, 0.6) is 0 Å². The van der Waals surface area contributed by atoms with E-state index < -0.39 is 4.92 Å². The topological polar surface area (TPSA) is 112 Å². The predicted molar refractivity (Wildman–Crippen MR) is 103 cm³/mol. The van der Waals surface area contributed by atoms with Gasteiger partial charge in [-0.15, -0.1) is 0 Å². The number of guanidine groups is 1. The molecule has 0 bridgehead atoms. The van der Waals surface area contributed by atoms with Gasteiger partial charge in [0.05, 0.1) is 11.5 Å². The zero-order valence-electron chi connectivity index (χ0n) is 15.7. The SMILES string of the molecule is CCOC(=O)N1CCN(C(=NC)NCCNc2ccccc2[N+](=O)[O-])CC1. The fraction of sp³-hybridized carbons (Fsp3) is 0.529. The molecule has 2 N–H and O–H groups in total. The molecule has 1 fully saturated rings. The number of anilines is 1. The van der Waals surface area contributed by atoms with Crippen LogP contribution in [-0.2, 0) is 4.74 Å². The Hall–Kier alpha value is -3.04. The van der Waals surface area contributed by atoms with Crippen molar-refractivity contribution in [2.45, 2.75) is 6.92 Å². The summed E-state index contributed by atoms with van der Waals surface area (Å²) in [5.74, 6) is 0.739. The maximum absolute atomic E-state index is 11.7. The van der Waals surface area contributed by atoms with Crippen LogP contribution in [0.25, 0.3) is 0 Å². The number of nitro benzene ring substituents is 1. The Kier molecular flexibility index (Phi) is 7.65. The van der Waals surface area contributed by atoms with Crippen molar-refractivity contribution in [3.63, 3.8) is 0 Å². The molecule has 0 aliphatic carbocycles. The lowest BCUT2D eigenvalue weighted by Gasteiger charge is -2.35. The lowest BCUT2D eigenvalue weighted by Crippen LogP contribution is -2.54. The van der Waals surface area contributed by atoms with Crippen LogP contribution in [0.4, 0.5) is 16.2 Å². The first-order valence-electron chi connectivity index (χ1n) is 8.91. The van der Waals surface area contributed by atoms with Crippen LogP contribution in [0.15, 0.2) is 29.3 Å². The van der Waals surface area contributed by atoms with Gasteiger partial charge in [-0.25, -0.2) is 4.79 Å². The molecular formula is C17H26N6O4. The number of nitro groups is 1. The van der Waals surface area contributed by atoms with Gasteiger partial charge in [-0.05, 0) is 13.0 Å². The molecule has 0 saturated carbocycles. The van der Waals surface area contributed by atoms with E-state index in [1.54, 1.807) is 37.1 Å². The zero-order valence-corrected chi connectivity index (χ0v) is 15.7. The Labute approximate surface area is 158 Å². The zero-order chi connectivity index (χ0) is 19.6. The summed E-state index contributed by atoms with van der Waals surface area (Å²) in [6.45, 7) is 5.70. The average molecular weight is 378 g/mol. The highest BCUT2D eigenvalue weighted by Gasteiger charge is 2.23. The third kappa shape index (κ3) is 5.73. The van der Waals surface area contributed by atoms with Crippen molar-refractivity contribution in [3.05, 3.63) is 34.4 Å². The largest absolute Gasteiger partial charge is 0.450 e. The van der Waals surface area contributed by atoms with Gasteiger partial charge in [0.1, 0.15) is 5.69 Å². The molecule has 0 atom stereocenters. The number of aliphatic imine (C=N–C) groups is 1. The number of hydrogen-bond donors (Lipinski definition) is 2. The molecule has 0 aromatic heterocycles. The molecule has 10 heteroatoms. The lowest BCUT2D eigenvalue weighted by atomic mass is 10.2. The number of hydrogen-bond acceptors (Lipinski definition) is 6. The van der Waals surface area contributed by atoms with Crippen molar-refractivity contribution in [3.8, 4) is 0 Å². The highest BCUT2D eigenvalue weighted by molar-refractivity contribution is 5.80. The number of carbonyl (C=O) groups is 1. The second-order valence-electron chi connectivity index (χ2n) is 5.85. The van der Waals surface area contributed by atoms with Crippen LogP contribution >= 0.6 is 0 Å². The Balaban J connectivity index is 1.77. The summed E-state index contributed by atoms with van der Waals surface area (Å²) < 4.78 is 5.02. The maximum atomic E-state index is 11.7. The molecule has 1 saturated heterocycles. The summed E-state index contributed by atoms with van der Waals surface area (Å²) in [6, 6.07) is 6.54. The number of carbonyl (C=O) groups excluding carboxylic acids is 1. The van der Waals surface area contributed by atoms with Gasteiger partial charge < -0.3 is 25.2 Å². The molecule has 2 rings (SSSR count). The van der Waals surface area contributed by atoms with Gasteiger partial charge in [-0.2, -0.15) is 0 Å². The summed E-state index contributed by atoms with van der Waals surface area (Å²) in [7, 11) is 1.70. The summed E-state index contributed by atoms with van der Waals surface area (Å²) in [5, 5.41) is 17.3. The lowest BCUT2D eigenvalue weighted by molar-refractivity contribution is -0.384. The van der Waals surface area contributed by atoms with Crippen LogP contribution in [0.3, 0.4) is 0 Å². The van der Waals surface area contributed by atoms with E-state index in [4.69, 9.17) is 4.74 Å². The number of para-hydroxylation sites is 2. The van der Waals surface area contributed by atoms with E-state index in [0.29, 0.717) is 51.6 Å². The van der Waals surface area contributed by atoms with Crippen molar-refractivity contribution in [2.75, 3.05) is 58.2 Å². The molecule has 1 aliphatic heterocycles. The van der Waals surface area contributed by atoms with Crippen LogP contribution < -0.4 is 10.6 Å². The van der Waals surface area contributed by atoms with Crippen molar-refractivity contribution in [1.82, 2.24) is 15.1 Å². The fourth-order valence-corrected chi connectivity index (χ4v) is 2.80. The Morgan fingerprint density at radius 1 is 1.22 bits per heavy atom. The summed E-state index contributed by atoms with van der Waals surface area (Å²) in [4.78, 5) is 30.4. The van der Waals surface area contributed by atoms with Crippen molar-refractivity contribution in [1.29, 1.82) is 0 Å². The molecule has 1 heterocycles. The summed E-state index contributed by atoms with van der Waals surface area (Å²) in [5.41, 5.74) is 0.541. The number of piperazine rings is 1. The number of nitrogens with zero attached hydrogens (tertiary/aromatic N) is 4. The van der Waals surface area contributed by atoms with Gasteiger partial charge >= 0.3 is 6.09 Å². The third-order valence-corrected chi connectivity index (χ3v) is 4.14. The van der Waals surface area contributed by atoms with Crippen LogP contribution in [0.1, 0.15) is 6.92 Å². The van der Waals surface area contributed by atoms with Gasteiger partial charge in [0.15, 0.2) is 5.96 Å². The second-order valence-corrected chi connectivity index (χ2v) is 5.85. The smallest absolute Gasteiger partial charge is 0.409 e. The fourth-order valence-electron chi connectivity index (χ4n) is 2.80. The van der Waals surface area contributed by atoms with Crippen LogP contribution in [0, 0.1) is 10.1 Å². The number of rotatable bonds is 6. The van der Waals surface area contributed by atoms with Gasteiger partial charge in [0, 0.05) is 52.4 Å². The summed E-state index contributed by atoms with van der Waals surface area (Å²) in [6.07, 6.45) is -0.284. The first kappa shape index (κ1) is 20.3. The quantitative estimate of drug-likeness (QED) is 0.253. The highest BCUT2D eigenvalue weighted by Crippen LogP contribution is 2.22. The van der Waals surface area contributed by atoms with E-state index >= 15 is 0 Å². The molecular weight excluding hydrogens is 352 g/mol. The van der Waals surface area contributed by atoms with Crippen LogP contribution in [-0.4, -0.2) is 79.7 Å². The number of amides is 1. The van der Waals surface area contributed by atoms with Gasteiger partial charge in [0.2, 0.25) is 0 Å². The van der Waals surface area contributed by atoms with E-state index in [1.807, 2.05) is 0 Å². The molecule has 0 unspecified atom stereocenters. The first-order valence-corrected chi connectivity index (χ1v) is 8.91. The van der Waals surface area contributed by atoms with E-state index in [2.05, 4.69) is 20.5 Å². The van der Waals surface area contributed by atoms with Gasteiger partial charge in [0.25, 0.3) is 5.69 Å². The van der Waals surface area contributed by atoms with E-state index in [-0.39, 0.29) is 11.8 Å².